The lowest BCUT2D eigenvalue weighted by Gasteiger charge is -2.27. The Balaban J connectivity index is 2.00. The highest BCUT2D eigenvalue weighted by Crippen LogP contribution is 2.23. The molecule has 0 aliphatic carbocycles. The van der Waals surface area contributed by atoms with E-state index in [1.165, 1.54) is 5.56 Å². The molecule has 3 rings (SSSR count). The van der Waals surface area contributed by atoms with Crippen molar-refractivity contribution < 1.29 is 4.79 Å². The van der Waals surface area contributed by atoms with E-state index < -0.39 is 0 Å². The van der Waals surface area contributed by atoms with Crippen molar-refractivity contribution in [3.8, 4) is 0 Å². The van der Waals surface area contributed by atoms with Crippen LogP contribution in [0.25, 0.3) is 10.9 Å². The van der Waals surface area contributed by atoms with Crippen LogP contribution in [-0.2, 0) is 0 Å². The van der Waals surface area contributed by atoms with Gasteiger partial charge in [0.2, 0.25) is 0 Å². The molecule has 2 aromatic rings. The molecule has 4 nitrogen and oxygen atoms in total. The molecule has 1 aliphatic heterocycles. The van der Waals surface area contributed by atoms with Gasteiger partial charge in [0.05, 0.1) is 0 Å². The van der Waals surface area contributed by atoms with Crippen molar-refractivity contribution in [3.05, 3.63) is 35.0 Å². The Morgan fingerprint density at radius 3 is 2.68 bits per heavy atom. The van der Waals surface area contributed by atoms with Gasteiger partial charge in [0.15, 0.2) is 0 Å². The molecule has 1 aliphatic rings. The van der Waals surface area contributed by atoms with Crippen LogP contribution in [-0.4, -0.2) is 42.0 Å². The molecule has 0 radical (unpaired) electrons. The molecule has 2 heterocycles. The van der Waals surface area contributed by atoms with Gasteiger partial charge in [-0.25, -0.2) is 0 Å². The van der Waals surface area contributed by atoms with E-state index in [0.29, 0.717) is 0 Å². The van der Waals surface area contributed by atoms with Crippen molar-refractivity contribution >= 4 is 16.8 Å². The number of H-pyrrole nitrogens is 1. The highest BCUT2D eigenvalue weighted by Gasteiger charge is 2.22. The number of carbonyl (C=O) groups is 1. The maximum atomic E-state index is 12.5. The summed E-state index contributed by atoms with van der Waals surface area (Å²) in [5.41, 5.74) is 4.05. The lowest BCUT2D eigenvalue weighted by Crippen LogP contribution is -2.46. The number of benzene rings is 1. The summed E-state index contributed by atoms with van der Waals surface area (Å²) in [6, 6.07) is 6.27. The first kappa shape index (κ1) is 12.2. The minimum atomic E-state index is 0.118. The molecule has 1 aromatic heterocycles. The summed E-state index contributed by atoms with van der Waals surface area (Å²) in [6.45, 7) is 7.41. The molecular weight excluding hydrogens is 238 g/mol. The summed E-state index contributed by atoms with van der Waals surface area (Å²) in [5, 5.41) is 4.41. The molecule has 0 saturated carbocycles. The summed E-state index contributed by atoms with van der Waals surface area (Å²) < 4.78 is 0. The molecule has 1 aromatic carbocycles. The van der Waals surface area contributed by atoms with Crippen LogP contribution in [0.2, 0.25) is 0 Å². The molecule has 0 atom stereocenters. The fourth-order valence-corrected chi connectivity index (χ4v) is 2.69. The SMILES string of the molecule is Cc1ccc2c(C)c(C(=O)N3CCNCC3)[nH]c2c1. The number of amides is 1. The Labute approximate surface area is 112 Å². The molecule has 0 bridgehead atoms. The zero-order valence-corrected chi connectivity index (χ0v) is 11.4. The summed E-state index contributed by atoms with van der Waals surface area (Å²) in [7, 11) is 0. The van der Waals surface area contributed by atoms with Gasteiger partial charge in [0.1, 0.15) is 5.69 Å². The quantitative estimate of drug-likeness (QED) is 0.819. The zero-order chi connectivity index (χ0) is 13.4. The van der Waals surface area contributed by atoms with Crippen LogP contribution >= 0.6 is 0 Å². The van der Waals surface area contributed by atoms with E-state index in [0.717, 1.165) is 48.3 Å². The zero-order valence-electron chi connectivity index (χ0n) is 11.4. The fraction of sp³-hybridized carbons (Fsp3) is 0.400. The van der Waals surface area contributed by atoms with Crippen molar-refractivity contribution in [2.45, 2.75) is 13.8 Å². The number of hydrogen-bond donors (Lipinski definition) is 2. The summed E-state index contributed by atoms with van der Waals surface area (Å²) in [6.07, 6.45) is 0. The van der Waals surface area contributed by atoms with Gasteiger partial charge in [-0.3, -0.25) is 4.79 Å². The van der Waals surface area contributed by atoms with E-state index in [-0.39, 0.29) is 5.91 Å². The van der Waals surface area contributed by atoms with Crippen LogP contribution in [0, 0.1) is 13.8 Å². The Kier molecular flexibility index (Phi) is 3.03. The topological polar surface area (TPSA) is 48.1 Å². The van der Waals surface area contributed by atoms with Crippen LogP contribution in [0.5, 0.6) is 0 Å². The molecule has 0 unspecified atom stereocenters. The second-order valence-electron chi connectivity index (χ2n) is 5.22. The normalized spacial score (nSPS) is 16.0. The Morgan fingerprint density at radius 2 is 1.95 bits per heavy atom. The van der Waals surface area contributed by atoms with Gasteiger partial charge >= 0.3 is 0 Å². The molecule has 19 heavy (non-hydrogen) atoms. The highest BCUT2D eigenvalue weighted by molar-refractivity contribution is 6.01. The standard InChI is InChI=1S/C15H19N3O/c1-10-3-4-12-11(2)14(17-13(12)9-10)15(19)18-7-5-16-6-8-18/h3-4,9,16-17H,5-8H2,1-2H3. The second-order valence-corrected chi connectivity index (χ2v) is 5.22. The van der Waals surface area contributed by atoms with Crippen molar-refractivity contribution in [2.75, 3.05) is 26.2 Å². The number of nitrogens with one attached hydrogen (secondary N) is 2. The first-order chi connectivity index (χ1) is 9.16. The Hall–Kier alpha value is -1.81. The number of aryl methyl sites for hydroxylation is 2. The smallest absolute Gasteiger partial charge is 0.270 e. The van der Waals surface area contributed by atoms with E-state index in [1.807, 2.05) is 11.8 Å². The Bertz CT molecular complexity index is 624. The van der Waals surface area contributed by atoms with Gasteiger partial charge in [-0.1, -0.05) is 12.1 Å². The molecule has 100 valence electrons. The number of rotatable bonds is 1. The van der Waals surface area contributed by atoms with Crippen molar-refractivity contribution in [2.24, 2.45) is 0 Å². The van der Waals surface area contributed by atoms with Gasteiger partial charge < -0.3 is 15.2 Å². The molecule has 4 heteroatoms. The molecule has 0 spiro atoms. The number of carbonyl (C=O) groups excluding carboxylic acids is 1. The number of hydrogen-bond acceptors (Lipinski definition) is 2. The average Bonchev–Trinajstić information content (AvgIpc) is 2.75. The first-order valence-electron chi connectivity index (χ1n) is 6.76. The lowest BCUT2D eigenvalue weighted by atomic mass is 10.1. The van der Waals surface area contributed by atoms with Gasteiger partial charge in [0, 0.05) is 37.1 Å². The van der Waals surface area contributed by atoms with Crippen LogP contribution < -0.4 is 5.32 Å². The number of nitrogens with zero attached hydrogens (tertiary/aromatic N) is 1. The largest absolute Gasteiger partial charge is 0.350 e. The number of fused-ring (bicyclic) bond motifs is 1. The highest BCUT2D eigenvalue weighted by atomic mass is 16.2. The predicted molar refractivity (Wildman–Crippen MR) is 76.5 cm³/mol. The van der Waals surface area contributed by atoms with E-state index in [2.05, 4.69) is 35.4 Å². The number of piperazine rings is 1. The predicted octanol–water partition coefficient (Wildman–Crippen LogP) is 1.83. The second kappa shape index (κ2) is 4.70. The van der Waals surface area contributed by atoms with Gasteiger partial charge in [-0.05, 0) is 31.0 Å². The first-order valence-corrected chi connectivity index (χ1v) is 6.76. The summed E-state index contributed by atoms with van der Waals surface area (Å²) in [5.74, 6) is 0.118. The van der Waals surface area contributed by atoms with Crippen LogP contribution in [0.1, 0.15) is 21.6 Å². The van der Waals surface area contributed by atoms with E-state index >= 15 is 0 Å². The number of aromatic nitrogens is 1. The van der Waals surface area contributed by atoms with E-state index in [9.17, 15) is 4.79 Å². The third-order valence-corrected chi connectivity index (χ3v) is 3.83. The monoisotopic (exact) mass is 257 g/mol. The average molecular weight is 257 g/mol. The molecule has 2 N–H and O–H groups in total. The minimum Gasteiger partial charge on any atom is -0.350 e. The summed E-state index contributed by atoms with van der Waals surface area (Å²) in [4.78, 5) is 17.7. The maximum Gasteiger partial charge on any atom is 0.270 e. The third kappa shape index (κ3) is 2.12. The van der Waals surface area contributed by atoms with Crippen molar-refractivity contribution in [1.29, 1.82) is 0 Å². The molecular formula is C15H19N3O. The fourth-order valence-electron chi connectivity index (χ4n) is 2.69. The summed E-state index contributed by atoms with van der Waals surface area (Å²) >= 11 is 0. The molecule has 1 fully saturated rings. The third-order valence-electron chi connectivity index (χ3n) is 3.83. The van der Waals surface area contributed by atoms with Gasteiger partial charge in [0.25, 0.3) is 5.91 Å². The van der Waals surface area contributed by atoms with Gasteiger partial charge in [-0.2, -0.15) is 0 Å². The van der Waals surface area contributed by atoms with E-state index in [4.69, 9.17) is 0 Å². The molecule has 1 saturated heterocycles. The minimum absolute atomic E-state index is 0.118. The van der Waals surface area contributed by atoms with Crippen LogP contribution in [0.3, 0.4) is 0 Å². The van der Waals surface area contributed by atoms with Crippen LogP contribution in [0.15, 0.2) is 18.2 Å². The maximum absolute atomic E-state index is 12.5. The van der Waals surface area contributed by atoms with Crippen molar-refractivity contribution in [3.63, 3.8) is 0 Å². The van der Waals surface area contributed by atoms with Crippen molar-refractivity contribution in [1.82, 2.24) is 15.2 Å². The lowest BCUT2D eigenvalue weighted by molar-refractivity contribution is 0.0730. The Morgan fingerprint density at radius 1 is 1.21 bits per heavy atom. The number of aromatic amines is 1. The van der Waals surface area contributed by atoms with E-state index in [1.54, 1.807) is 0 Å². The van der Waals surface area contributed by atoms with Gasteiger partial charge in [-0.15, -0.1) is 0 Å². The van der Waals surface area contributed by atoms with Crippen LogP contribution in [0.4, 0.5) is 0 Å². The molecule has 1 amide bonds.